The number of nitrogens with two attached hydrogens (primary N) is 1. The average Bonchev–Trinajstić information content (AvgIpc) is 2.59. The van der Waals surface area contributed by atoms with Crippen LogP contribution in [0.5, 0.6) is 0 Å². The molecule has 0 saturated carbocycles. The van der Waals surface area contributed by atoms with Gasteiger partial charge in [-0.25, -0.2) is 10.8 Å². The van der Waals surface area contributed by atoms with Gasteiger partial charge in [-0.1, -0.05) is 0 Å². The average molecular weight is 196 g/mol. The van der Waals surface area contributed by atoms with Gasteiger partial charge < -0.3 is 4.74 Å². The third kappa shape index (κ3) is 1.36. The molecule has 0 bridgehead atoms. The van der Waals surface area contributed by atoms with Crippen LogP contribution in [-0.4, -0.2) is 27.6 Å². The largest absolute Gasteiger partial charge is 0.359 e. The first-order valence-electron chi connectivity index (χ1n) is 4.24. The molecule has 14 heavy (non-hydrogen) atoms. The number of ether oxygens (including phenoxy) is 1. The third-order valence-corrected chi connectivity index (χ3v) is 2.05. The molecule has 1 unspecified atom stereocenters. The van der Waals surface area contributed by atoms with Gasteiger partial charge in [0.15, 0.2) is 6.23 Å². The summed E-state index contributed by atoms with van der Waals surface area (Å²) in [5, 5.41) is 4.09. The Kier molecular flexibility index (Phi) is 2.18. The number of aromatic nitrogens is 3. The van der Waals surface area contributed by atoms with Crippen LogP contribution in [-0.2, 0) is 4.74 Å². The zero-order valence-electron chi connectivity index (χ0n) is 8.06. The molecular formula is C7H12N6O. The van der Waals surface area contributed by atoms with Crippen LogP contribution < -0.4 is 11.3 Å². The first-order valence-corrected chi connectivity index (χ1v) is 4.24. The van der Waals surface area contributed by atoms with E-state index in [4.69, 9.17) is 10.6 Å². The summed E-state index contributed by atoms with van der Waals surface area (Å²) in [5.41, 5.74) is 3.35. The summed E-state index contributed by atoms with van der Waals surface area (Å²) < 4.78 is 6.87. The first-order chi connectivity index (χ1) is 6.74. The molecule has 0 amide bonds. The quantitative estimate of drug-likeness (QED) is 0.521. The normalized spacial score (nSPS) is 20.2. The third-order valence-electron chi connectivity index (χ3n) is 2.05. The lowest BCUT2D eigenvalue weighted by molar-refractivity contribution is 0.0394. The summed E-state index contributed by atoms with van der Waals surface area (Å²) >= 11 is 0. The fraction of sp³-hybridized carbons (Fsp3) is 0.571. The van der Waals surface area contributed by atoms with Crippen molar-refractivity contribution in [1.82, 2.24) is 14.8 Å². The molecule has 0 aromatic carbocycles. The second-order valence-corrected chi connectivity index (χ2v) is 3.07. The van der Waals surface area contributed by atoms with Gasteiger partial charge in [0.05, 0.1) is 0 Å². The molecule has 2 rings (SSSR count). The molecule has 0 radical (unpaired) electrons. The van der Waals surface area contributed by atoms with Gasteiger partial charge in [0.25, 0.3) is 11.9 Å². The summed E-state index contributed by atoms with van der Waals surface area (Å²) in [7, 11) is 1.63. The molecule has 1 aliphatic heterocycles. The molecule has 7 heteroatoms. The lowest BCUT2D eigenvalue weighted by Gasteiger charge is -2.19. The number of nitrogens with zero attached hydrogens (tertiary/aromatic N) is 4. The van der Waals surface area contributed by atoms with Crippen molar-refractivity contribution in [3.05, 3.63) is 0 Å². The van der Waals surface area contributed by atoms with Gasteiger partial charge in [-0.2, -0.15) is 9.67 Å². The van der Waals surface area contributed by atoms with E-state index in [1.165, 1.54) is 0 Å². The highest BCUT2D eigenvalue weighted by atomic mass is 16.5. The standard InChI is InChI=1S/C7H12N6O/c1-4-3-5(14-2)13-7(9-4)10-6(11-8)12-13/h5H,3,8H2,1-2H3,(H,11,12). The summed E-state index contributed by atoms with van der Waals surface area (Å²) in [5.74, 6) is 6.08. The maximum atomic E-state index is 5.26. The van der Waals surface area contributed by atoms with Gasteiger partial charge in [-0.3, -0.25) is 5.43 Å². The molecule has 0 saturated heterocycles. The van der Waals surface area contributed by atoms with Crippen molar-refractivity contribution >= 4 is 17.6 Å². The second-order valence-electron chi connectivity index (χ2n) is 3.07. The van der Waals surface area contributed by atoms with Crippen LogP contribution in [0.15, 0.2) is 4.99 Å². The Morgan fingerprint density at radius 3 is 3.07 bits per heavy atom. The maximum Gasteiger partial charge on any atom is 0.258 e. The van der Waals surface area contributed by atoms with Crippen molar-refractivity contribution in [2.45, 2.75) is 19.6 Å². The van der Waals surface area contributed by atoms with E-state index in [2.05, 4.69) is 20.5 Å². The van der Waals surface area contributed by atoms with Crippen molar-refractivity contribution in [2.24, 2.45) is 10.8 Å². The number of hydrazine groups is 1. The Balaban J connectivity index is 2.43. The molecule has 0 spiro atoms. The van der Waals surface area contributed by atoms with Crippen molar-refractivity contribution < 1.29 is 4.74 Å². The van der Waals surface area contributed by atoms with E-state index in [0.29, 0.717) is 11.9 Å². The van der Waals surface area contributed by atoms with Gasteiger partial charge >= 0.3 is 0 Å². The van der Waals surface area contributed by atoms with Crippen molar-refractivity contribution in [2.75, 3.05) is 12.5 Å². The number of nitrogen functional groups attached to an aromatic ring is 1. The van der Waals surface area contributed by atoms with E-state index in [1.807, 2.05) is 6.92 Å². The highest BCUT2D eigenvalue weighted by Crippen LogP contribution is 2.26. The lowest BCUT2D eigenvalue weighted by atomic mass is 10.2. The van der Waals surface area contributed by atoms with Crippen LogP contribution in [0.3, 0.4) is 0 Å². The lowest BCUT2D eigenvalue weighted by Crippen LogP contribution is -2.19. The summed E-state index contributed by atoms with van der Waals surface area (Å²) in [6.45, 7) is 1.93. The Morgan fingerprint density at radius 2 is 2.43 bits per heavy atom. The second kappa shape index (κ2) is 3.35. The van der Waals surface area contributed by atoms with Crippen LogP contribution in [0.4, 0.5) is 11.9 Å². The molecule has 76 valence electrons. The van der Waals surface area contributed by atoms with Gasteiger partial charge in [0.1, 0.15) is 0 Å². The highest BCUT2D eigenvalue weighted by Gasteiger charge is 2.22. The molecule has 1 aromatic rings. The van der Waals surface area contributed by atoms with E-state index in [-0.39, 0.29) is 6.23 Å². The van der Waals surface area contributed by atoms with Crippen LogP contribution >= 0.6 is 0 Å². The van der Waals surface area contributed by atoms with Gasteiger partial charge in [-0.15, -0.1) is 5.10 Å². The van der Waals surface area contributed by atoms with Gasteiger partial charge in [0, 0.05) is 19.2 Å². The number of hydrogen-bond donors (Lipinski definition) is 2. The van der Waals surface area contributed by atoms with E-state index >= 15 is 0 Å². The maximum absolute atomic E-state index is 5.26. The number of rotatable bonds is 2. The molecule has 1 aromatic heterocycles. The minimum absolute atomic E-state index is 0.142. The van der Waals surface area contributed by atoms with Crippen LogP contribution in [0, 0.1) is 0 Å². The van der Waals surface area contributed by atoms with Crippen LogP contribution in [0.2, 0.25) is 0 Å². The SMILES string of the molecule is COC1CC(C)=Nc2nc(NN)nn21. The molecule has 1 atom stereocenters. The minimum Gasteiger partial charge on any atom is -0.359 e. The Bertz CT molecular complexity index is 370. The number of methoxy groups -OCH3 is 1. The topological polar surface area (TPSA) is 90.3 Å². The molecular weight excluding hydrogens is 184 g/mol. The fourth-order valence-electron chi connectivity index (χ4n) is 1.38. The number of anilines is 1. The zero-order valence-corrected chi connectivity index (χ0v) is 8.06. The molecule has 2 heterocycles. The summed E-state index contributed by atoms with van der Waals surface area (Å²) in [4.78, 5) is 8.31. The predicted octanol–water partition coefficient (Wildman–Crippen LogP) is 0.205. The van der Waals surface area contributed by atoms with E-state index in [9.17, 15) is 0 Å². The van der Waals surface area contributed by atoms with E-state index in [1.54, 1.807) is 11.8 Å². The molecule has 7 nitrogen and oxygen atoms in total. The number of aliphatic imine (C=N–C) groups is 1. The van der Waals surface area contributed by atoms with E-state index < -0.39 is 0 Å². The Labute approximate surface area is 80.9 Å². The van der Waals surface area contributed by atoms with E-state index in [0.717, 1.165) is 12.1 Å². The predicted molar refractivity (Wildman–Crippen MR) is 51.3 cm³/mol. The fourth-order valence-corrected chi connectivity index (χ4v) is 1.38. The zero-order chi connectivity index (χ0) is 10.1. The Morgan fingerprint density at radius 1 is 1.64 bits per heavy atom. The van der Waals surface area contributed by atoms with Gasteiger partial charge in [-0.05, 0) is 6.92 Å². The minimum atomic E-state index is -0.142. The molecule has 0 fully saturated rings. The molecule has 1 aliphatic rings. The number of hydrogen-bond acceptors (Lipinski definition) is 6. The highest BCUT2D eigenvalue weighted by molar-refractivity contribution is 5.85. The summed E-state index contributed by atoms with van der Waals surface area (Å²) in [6.07, 6.45) is 0.578. The van der Waals surface area contributed by atoms with Crippen LogP contribution in [0.1, 0.15) is 19.6 Å². The van der Waals surface area contributed by atoms with Crippen molar-refractivity contribution in [1.29, 1.82) is 0 Å². The van der Waals surface area contributed by atoms with Gasteiger partial charge in [0.2, 0.25) is 0 Å². The molecule has 0 aliphatic carbocycles. The number of fused-ring (bicyclic) bond motifs is 1. The molecule has 3 N–H and O–H groups in total. The Hall–Kier alpha value is -1.47. The first kappa shape index (κ1) is 9.10. The van der Waals surface area contributed by atoms with Crippen LogP contribution in [0.25, 0.3) is 0 Å². The smallest absolute Gasteiger partial charge is 0.258 e. The van der Waals surface area contributed by atoms with Crippen molar-refractivity contribution in [3.63, 3.8) is 0 Å². The summed E-state index contributed by atoms with van der Waals surface area (Å²) in [6, 6.07) is 0. The monoisotopic (exact) mass is 196 g/mol. The van der Waals surface area contributed by atoms with Crippen molar-refractivity contribution in [3.8, 4) is 0 Å². The number of nitrogens with one attached hydrogen (secondary N) is 1.